The second-order valence-corrected chi connectivity index (χ2v) is 16.2. The molecule has 0 bridgehead atoms. The summed E-state index contributed by atoms with van der Waals surface area (Å²) in [6, 6.07) is 73.8. The fourth-order valence-electron chi connectivity index (χ4n) is 9.52. The van der Waals surface area contributed by atoms with E-state index in [1.165, 1.54) is 21.8 Å². The molecule has 0 saturated heterocycles. The molecule has 0 spiro atoms. The number of hydrogen-bond donors (Lipinski definition) is 0. The van der Waals surface area contributed by atoms with Crippen molar-refractivity contribution >= 4 is 65.4 Å². The number of para-hydroxylation sites is 4. The van der Waals surface area contributed by atoms with E-state index in [0.29, 0.717) is 17.5 Å². The monoisotopic (exact) mass is 817 g/mol. The Kier molecular flexibility index (Phi) is 8.11. The molecular formula is C58H35N5O. The van der Waals surface area contributed by atoms with E-state index in [1.807, 2.05) is 48.5 Å². The van der Waals surface area contributed by atoms with Crippen molar-refractivity contribution in [2.45, 2.75) is 0 Å². The molecule has 9 aromatic carbocycles. The summed E-state index contributed by atoms with van der Waals surface area (Å²) >= 11 is 0. The van der Waals surface area contributed by atoms with Crippen molar-refractivity contribution in [1.29, 1.82) is 0 Å². The van der Waals surface area contributed by atoms with Crippen LogP contribution in [0.5, 0.6) is 0 Å². The van der Waals surface area contributed by atoms with Crippen molar-refractivity contribution in [3.63, 3.8) is 0 Å². The number of hydrogen-bond acceptors (Lipinski definition) is 5. The summed E-state index contributed by atoms with van der Waals surface area (Å²) in [5.41, 5.74) is 12.8. The molecule has 0 amide bonds. The van der Waals surface area contributed by atoms with Crippen LogP contribution in [0.15, 0.2) is 217 Å². The molecule has 4 aromatic heterocycles. The summed E-state index contributed by atoms with van der Waals surface area (Å²) in [7, 11) is 0. The minimum absolute atomic E-state index is 0.597. The van der Waals surface area contributed by atoms with Gasteiger partial charge in [0.2, 0.25) is 0 Å². The molecule has 0 unspecified atom stereocenters. The summed E-state index contributed by atoms with van der Waals surface area (Å²) < 4.78 is 8.96. The van der Waals surface area contributed by atoms with Crippen LogP contribution in [0, 0.1) is 0 Å². The molecule has 6 heteroatoms. The third-order valence-corrected chi connectivity index (χ3v) is 12.4. The third-order valence-electron chi connectivity index (χ3n) is 12.4. The Morgan fingerprint density at radius 3 is 1.45 bits per heavy atom. The number of fused-ring (bicyclic) bond motifs is 9. The Bertz CT molecular complexity index is 3880. The summed E-state index contributed by atoms with van der Waals surface area (Å²) in [6.07, 6.45) is 0. The van der Waals surface area contributed by atoms with E-state index in [-0.39, 0.29) is 0 Å². The molecule has 0 atom stereocenters. The van der Waals surface area contributed by atoms with Crippen molar-refractivity contribution in [1.82, 2.24) is 24.5 Å². The van der Waals surface area contributed by atoms with Crippen LogP contribution in [0.4, 0.5) is 0 Å². The number of aromatic nitrogens is 5. The lowest BCUT2D eigenvalue weighted by Crippen LogP contribution is -2.00. The lowest BCUT2D eigenvalue weighted by Gasteiger charge is -2.16. The van der Waals surface area contributed by atoms with E-state index >= 15 is 0 Å². The van der Waals surface area contributed by atoms with Crippen LogP contribution in [0.1, 0.15) is 0 Å². The zero-order chi connectivity index (χ0) is 42.1. The molecule has 0 N–H and O–H groups in total. The number of furan rings is 1. The van der Waals surface area contributed by atoms with E-state index < -0.39 is 0 Å². The number of pyridine rings is 1. The van der Waals surface area contributed by atoms with Crippen molar-refractivity contribution in [3.8, 4) is 62.2 Å². The zero-order valence-corrected chi connectivity index (χ0v) is 34.4. The van der Waals surface area contributed by atoms with Gasteiger partial charge in [0.05, 0.1) is 22.2 Å². The Labute approximate surface area is 367 Å². The van der Waals surface area contributed by atoms with E-state index in [0.717, 1.165) is 88.4 Å². The molecule has 0 aliphatic heterocycles. The molecule has 13 aromatic rings. The first-order valence-corrected chi connectivity index (χ1v) is 21.5. The Balaban J connectivity index is 0.978. The first-order chi connectivity index (χ1) is 31.7. The molecule has 6 nitrogen and oxygen atoms in total. The van der Waals surface area contributed by atoms with Gasteiger partial charge in [-0.2, -0.15) is 0 Å². The summed E-state index contributed by atoms with van der Waals surface area (Å²) in [5, 5.41) is 7.86. The fourth-order valence-corrected chi connectivity index (χ4v) is 9.52. The minimum atomic E-state index is 0.597. The first-order valence-electron chi connectivity index (χ1n) is 21.5. The third kappa shape index (κ3) is 5.73. The van der Waals surface area contributed by atoms with Gasteiger partial charge in [0, 0.05) is 71.2 Å². The Hall–Kier alpha value is -8.74. The van der Waals surface area contributed by atoms with Crippen LogP contribution in [-0.2, 0) is 0 Å². The zero-order valence-electron chi connectivity index (χ0n) is 34.4. The van der Waals surface area contributed by atoms with Gasteiger partial charge in [-0.3, -0.25) is 0 Å². The summed E-state index contributed by atoms with van der Waals surface area (Å²) in [5.74, 6) is 1.82. The van der Waals surface area contributed by atoms with Crippen LogP contribution >= 0.6 is 0 Å². The number of benzene rings is 9. The quantitative estimate of drug-likeness (QED) is 0.156. The van der Waals surface area contributed by atoms with Crippen LogP contribution in [0.3, 0.4) is 0 Å². The molecule has 0 fully saturated rings. The number of rotatable bonds is 6. The van der Waals surface area contributed by atoms with Gasteiger partial charge < -0.3 is 8.98 Å². The second-order valence-electron chi connectivity index (χ2n) is 16.2. The minimum Gasteiger partial charge on any atom is -0.456 e. The standard InChI is InChI=1S/C58H35N5O/c1-3-15-37(16-4-1)55-46-35-51-54(45-22-10-14-26-50(45)64-51)52(53(46)44-21-7-11-23-47(44)59-55)36-27-29-39(30-28-36)57-60-56(38-17-5-2-6-18-38)61-58(62-57)40-31-33-41(34-32-40)63-48-24-12-8-19-42(48)43-20-9-13-25-49(43)63/h1-35H. The highest BCUT2D eigenvalue weighted by molar-refractivity contribution is 6.27. The maximum absolute atomic E-state index is 6.64. The van der Waals surface area contributed by atoms with Crippen LogP contribution in [0.25, 0.3) is 128 Å². The number of nitrogens with zero attached hydrogens (tertiary/aromatic N) is 5. The van der Waals surface area contributed by atoms with Crippen molar-refractivity contribution < 1.29 is 4.42 Å². The average molecular weight is 818 g/mol. The lowest BCUT2D eigenvalue weighted by molar-refractivity contribution is 0.669. The van der Waals surface area contributed by atoms with Gasteiger partial charge in [-0.1, -0.05) is 158 Å². The van der Waals surface area contributed by atoms with Gasteiger partial charge in [-0.05, 0) is 60.2 Å². The maximum atomic E-state index is 6.64. The maximum Gasteiger partial charge on any atom is 0.164 e. The molecule has 0 saturated carbocycles. The molecule has 0 aliphatic carbocycles. The molecular weight excluding hydrogens is 783 g/mol. The second kappa shape index (κ2) is 14.4. The molecule has 64 heavy (non-hydrogen) atoms. The van der Waals surface area contributed by atoms with E-state index in [1.54, 1.807) is 0 Å². The summed E-state index contributed by atoms with van der Waals surface area (Å²) in [4.78, 5) is 20.6. The Morgan fingerprint density at radius 1 is 0.328 bits per heavy atom. The van der Waals surface area contributed by atoms with Crippen LogP contribution in [-0.4, -0.2) is 24.5 Å². The van der Waals surface area contributed by atoms with Gasteiger partial charge >= 0.3 is 0 Å². The van der Waals surface area contributed by atoms with Crippen LogP contribution in [0.2, 0.25) is 0 Å². The lowest BCUT2D eigenvalue weighted by atomic mass is 9.89. The first kappa shape index (κ1) is 36.0. The van der Waals surface area contributed by atoms with Crippen LogP contribution < -0.4 is 0 Å². The molecule has 4 heterocycles. The molecule has 0 aliphatic rings. The molecule has 298 valence electrons. The van der Waals surface area contributed by atoms with Crippen molar-refractivity contribution in [3.05, 3.63) is 212 Å². The van der Waals surface area contributed by atoms with E-state index in [9.17, 15) is 0 Å². The highest BCUT2D eigenvalue weighted by Gasteiger charge is 2.22. The fraction of sp³-hybridized carbons (Fsp3) is 0. The van der Waals surface area contributed by atoms with Gasteiger partial charge in [0.15, 0.2) is 17.5 Å². The average Bonchev–Trinajstić information content (AvgIpc) is 3.92. The van der Waals surface area contributed by atoms with Crippen molar-refractivity contribution in [2.75, 3.05) is 0 Å². The summed E-state index contributed by atoms with van der Waals surface area (Å²) in [6.45, 7) is 0. The predicted octanol–water partition coefficient (Wildman–Crippen LogP) is 14.9. The normalized spacial score (nSPS) is 11.8. The highest BCUT2D eigenvalue weighted by Crippen LogP contribution is 2.46. The molecule has 13 rings (SSSR count). The topological polar surface area (TPSA) is 69.6 Å². The van der Waals surface area contributed by atoms with Crippen molar-refractivity contribution in [2.24, 2.45) is 0 Å². The largest absolute Gasteiger partial charge is 0.456 e. The predicted molar refractivity (Wildman–Crippen MR) is 261 cm³/mol. The van der Waals surface area contributed by atoms with Gasteiger partial charge in [-0.15, -0.1) is 0 Å². The van der Waals surface area contributed by atoms with E-state index in [2.05, 4.69) is 168 Å². The SMILES string of the molecule is c1ccc(-c2nc(-c3ccc(-c4c5c(cc6c(-c7ccccc7)nc7ccccc7c46)oc4ccccc45)cc3)nc(-c3ccc(-n4c5ccccc5c5ccccc54)cc3)n2)cc1. The smallest absolute Gasteiger partial charge is 0.164 e. The highest BCUT2D eigenvalue weighted by atomic mass is 16.3. The van der Waals surface area contributed by atoms with E-state index in [4.69, 9.17) is 24.4 Å². The Morgan fingerprint density at radius 2 is 0.812 bits per heavy atom. The van der Waals surface area contributed by atoms with Gasteiger partial charge in [-0.25, -0.2) is 19.9 Å². The molecule has 0 radical (unpaired) electrons. The van der Waals surface area contributed by atoms with Gasteiger partial charge in [0.1, 0.15) is 11.2 Å². The van der Waals surface area contributed by atoms with Gasteiger partial charge in [0.25, 0.3) is 0 Å².